The lowest BCUT2D eigenvalue weighted by Crippen LogP contribution is -2.51. The van der Waals surface area contributed by atoms with Gasteiger partial charge in [0.1, 0.15) is 18.0 Å². The SMILES string of the molecule is Cc1cccc(CN(C(=O)[C@H]2CN(C(=O)OC(C)(C)C)CC[C@@H]2c2cccc(OCC3CCCO3)c2)C2CC2)c1C. The van der Waals surface area contributed by atoms with Crippen LogP contribution in [0.5, 0.6) is 5.75 Å². The molecule has 0 N–H and O–H groups in total. The highest BCUT2D eigenvalue weighted by atomic mass is 16.6. The third kappa shape index (κ3) is 7.42. The molecule has 5 rings (SSSR count). The van der Waals surface area contributed by atoms with Crippen LogP contribution in [0.2, 0.25) is 0 Å². The van der Waals surface area contributed by atoms with Crippen LogP contribution in [-0.4, -0.2) is 65.9 Å². The second-order valence-corrected chi connectivity index (χ2v) is 13.0. The number of ether oxygens (including phenoxy) is 3. The Morgan fingerprint density at radius 3 is 2.54 bits per heavy atom. The molecule has 2 aliphatic heterocycles. The lowest BCUT2D eigenvalue weighted by molar-refractivity contribution is -0.139. The van der Waals surface area contributed by atoms with Crippen molar-refractivity contribution in [2.24, 2.45) is 5.92 Å². The van der Waals surface area contributed by atoms with E-state index in [2.05, 4.69) is 49.1 Å². The van der Waals surface area contributed by atoms with E-state index in [4.69, 9.17) is 14.2 Å². The number of carbonyl (C=O) groups is 2. The molecule has 0 spiro atoms. The highest BCUT2D eigenvalue weighted by Gasteiger charge is 2.43. The number of carbonyl (C=O) groups excluding carboxylic acids is 2. The maximum Gasteiger partial charge on any atom is 0.410 e. The van der Waals surface area contributed by atoms with Gasteiger partial charge in [-0.1, -0.05) is 30.3 Å². The summed E-state index contributed by atoms with van der Waals surface area (Å²) in [5.41, 5.74) is 4.14. The second-order valence-electron chi connectivity index (χ2n) is 13.0. The molecule has 2 aromatic rings. The van der Waals surface area contributed by atoms with Crippen LogP contribution in [0.3, 0.4) is 0 Å². The molecule has 3 fully saturated rings. The van der Waals surface area contributed by atoms with Crippen molar-refractivity contribution in [3.63, 3.8) is 0 Å². The summed E-state index contributed by atoms with van der Waals surface area (Å²) in [4.78, 5) is 31.4. The molecule has 7 nitrogen and oxygen atoms in total. The molecule has 2 aromatic carbocycles. The Kier molecular flexibility index (Phi) is 8.93. The van der Waals surface area contributed by atoms with Gasteiger partial charge in [0.25, 0.3) is 0 Å². The van der Waals surface area contributed by atoms with E-state index in [9.17, 15) is 9.59 Å². The average molecular weight is 563 g/mol. The minimum absolute atomic E-state index is 0.0210. The van der Waals surface area contributed by atoms with Crippen LogP contribution in [0, 0.1) is 19.8 Å². The third-order valence-electron chi connectivity index (χ3n) is 8.66. The number of amides is 2. The van der Waals surface area contributed by atoms with Gasteiger partial charge in [-0.3, -0.25) is 4.79 Å². The van der Waals surface area contributed by atoms with Gasteiger partial charge < -0.3 is 24.0 Å². The van der Waals surface area contributed by atoms with Crippen molar-refractivity contribution in [2.75, 3.05) is 26.3 Å². The zero-order valence-electron chi connectivity index (χ0n) is 25.4. The van der Waals surface area contributed by atoms with Gasteiger partial charge >= 0.3 is 6.09 Å². The topological polar surface area (TPSA) is 68.3 Å². The molecule has 1 unspecified atom stereocenters. The average Bonchev–Trinajstić information content (AvgIpc) is 3.65. The summed E-state index contributed by atoms with van der Waals surface area (Å²) in [5, 5.41) is 0. The van der Waals surface area contributed by atoms with Gasteiger partial charge in [-0.25, -0.2) is 4.79 Å². The van der Waals surface area contributed by atoms with E-state index in [1.165, 1.54) is 16.7 Å². The quantitative estimate of drug-likeness (QED) is 0.373. The zero-order valence-corrected chi connectivity index (χ0v) is 25.4. The van der Waals surface area contributed by atoms with Gasteiger partial charge in [-0.05, 0) is 107 Å². The van der Waals surface area contributed by atoms with Gasteiger partial charge in [0.2, 0.25) is 5.91 Å². The molecular weight excluding hydrogens is 516 g/mol. The number of benzene rings is 2. The van der Waals surface area contributed by atoms with Crippen LogP contribution in [0.25, 0.3) is 0 Å². The number of hydrogen-bond donors (Lipinski definition) is 0. The fraction of sp³-hybridized carbons (Fsp3) is 0.588. The van der Waals surface area contributed by atoms with Gasteiger partial charge in [-0.2, -0.15) is 0 Å². The van der Waals surface area contributed by atoms with E-state index in [0.717, 1.165) is 43.6 Å². The van der Waals surface area contributed by atoms with Crippen molar-refractivity contribution in [3.8, 4) is 5.75 Å². The summed E-state index contributed by atoms with van der Waals surface area (Å²) in [7, 11) is 0. The summed E-state index contributed by atoms with van der Waals surface area (Å²) in [6, 6.07) is 14.7. The van der Waals surface area contributed by atoms with Crippen molar-refractivity contribution in [3.05, 3.63) is 64.7 Å². The molecule has 3 aliphatic rings. The number of piperidine rings is 1. The summed E-state index contributed by atoms with van der Waals surface area (Å²) < 4.78 is 17.6. The minimum atomic E-state index is -0.592. The number of aryl methyl sites for hydroxylation is 1. The van der Waals surface area contributed by atoms with Crippen LogP contribution in [0.1, 0.15) is 81.0 Å². The van der Waals surface area contributed by atoms with Gasteiger partial charge in [0.05, 0.1) is 12.0 Å². The lowest BCUT2D eigenvalue weighted by atomic mass is 9.79. The summed E-state index contributed by atoms with van der Waals surface area (Å²) in [5.74, 6) is 0.535. The molecule has 0 radical (unpaired) electrons. The Hall–Kier alpha value is -3.06. The molecule has 7 heteroatoms. The maximum atomic E-state index is 14.5. The van der Waals surface area contributed by atoms with Crippen LogP contribution in [0.15, 0.2) is 42.5 Å². The Bertz CT molecular complexity index is 1230. The Labute approximate surface area is 245 Å². The minimum Gasteiger partial charge on any atom is -0.491 e. The van der Waals surface area contributed by atoms with E-state index in [0.29, 0.717) is 32.7 Å². The van der Waals surface area contributed by atoms with Crippen molar-refractivity contribution < 1.29 is 23.8 Å². The van der Waals surface area contributed by atoms with Crippen molar-refractivity contribution in [2.45, 2.75) is 96.9 Å². The summed E-state index contributed by atoms with van der Waals surface area (Å²) >= 11 is 0. The zero-order chi connectivity index (χ0) is 29.1. The maximum absolute atomic E-state index is 14.5. The van der Waals surface area contributed by atoms with Crippen LogP contribution in [0.4, 0.5) is 4.79 Å². The highest BCUT2D eigenvalue weighted by Crippen LogP contribution is 2.39. The van der Waals surface area contributed by atoms with Crippen molar-refractivity contribution >= 4 is 12.0 Å². The van der Waals surface area contributed by atoms with Crippen LogP contribution < -0.4 is 4.74 Å². The number of rotatable bonds is 8. The predicted octanol–water partition coefficient (Wildman–Crippen LogP) is 6.39. The normalized spacial score (nSPS) is 22.9. The Balaban J connectivity index is 1.40. The first kappa shape index (κ1) is 29.4. The lowest BCUT2D eigenvalue weighted by Gasteiger charge is -2.40. The fourth-order valence-corrected chi connectivity index (χ4v) is 6.05. The van der Waals surface area contributed by atoms with Gasteiger partial charge in [0.15, 0.2) is 0 Å². The molecule has 2 saturated heterocycles. The molecular formula is C34H46N2O5. The van der Waals surface area contributed by atoms with Gasteiger partial charge in [-0.15, -0.1) is 0 Å². The van der Waals surface area contributed by atoms with E-state index < -0.39 is 5.60 Å². The summed E-state index contributed by atoms with van der Waals surface area (Å²) in [6.07, 6.45) is 4.63. The van der Waals surface area contributed by atoms with Gasteiger partial charge in [0, 0.05) is 32.3 Å². The third-order valence-corrected chi connectivity index (χ3v) is 8.66. The van der Waals surface area contributed by atoms with E-state index in [1.807, 2.05) is 32.9 Å². The largest absolute Gasteiger partial charge is 0.491 e. The number of nitrogens with zero attached hydrogens (tertiary/aromatic N) is 2. The molecule has 2 amide bonds. The number of likely N-dealkylation sites (tertiary alicyclic amines) is 1. The second kappa shape index (κ2) is 12.4. The Morgan fingerprint density at radius 1 is 1.05 bits per heavy atom. The molecule has 0 bridgehead atoms. The predicted molar refractivity (Wildman–Crippen MR) is 159 cm³/mol. The monoisotopic (exact) mass is 562 g/mol. The van der Waals surface area contributed by atoms with E-state index in [-0.39, 0.29) is 36.0 Å². The fourth-order valence-electron chi connectivity index (χ4n) is 6.05. The van der Waals surface area contributed by atoms with Crippen LogP contribution >= 0.6 is 0 Å². The molecule has 41 heavy (non-hydrogen) atoms. The Morgan fingerprint density at radius 2 is 1.83 bits per heavy atom. The standard InChI is InChI=1S/C34H46N2O5/c1-23-9-6-11-26(24(23)2)20-36(27-14-15-27)32(37)31-21-35(33(38)41-34(3,4)5)17-16-30(31)25-10-7-12-28(19-25)40-22-29-13-8-18-39-29/h6-7,9-12,19,27,29-31H,8,13-18,20-22H2,1-5H3/t29?,30-,31+/m1/s1. The van der Waals surface area contributed by atoms with Crippen LogP contribution in [-0.2, 0) is 20.8 Å². The first-order valence-corrected chi connectivity index (χ1v) is 15.3. The van der Waals surface area contributed by atoms with E-state index in [1.54, 1.807) is 4.90 Å². The molecule has 222 valence electrons. The van der Waals surface area contributed by atoms with Crippen molar-refractivity contribution in [1.82, 2.24) is 9.80 Å². The highest BCUT2D eigenvalue weighted by molar-refractivity contribution is 5.82. The molecule has 3 atom stereocenters. The first-order chi connectivity index (χ1) is 19.6. The smallest absolute Gasteiger partial charge is 0.410 e. The number of hydrogen-bond acceptors (Lipinski definition) is 5. The molecule has 0 aromatic heterocycles. The summed E-state index contributed by atoms with van der Waals surface area (Å²) in [6.45, 7) is 12.7. The van der Waals surface area contributed by atoms with E-state index >= 15 is 0 Å². The molecule has 1 aliphatic carbocycles. The van der Waals surface area contributed by atoms with Crippen molar-refractivity contribution in [1.29, 1.82) is 0 Å². The first-order valence-electron chi connectivity index (χ1n) is 15.3. The molecule has 2 heterocycles. The molecule has 1 saturated carbocycles.